The summed E-state index contributed by atoms with van der Waals surface area (Å²) < 4.78 is 0. The van der Waals surface area contributed by atoms with E-state index in [1.807, 2.05) is 30.3 Å². The Bertz CT molecular complexity index is 282. The van der Waals surface area contributed by atoms with Crippen LogP contribution in [0.15, 0.2) is 30.3 Å². The van der Waals surface area contributed by atoms with Crippen LogP contribution in [0.25, 0.3) is 0 Å². The van der Waals surface area contributed by atoms with E-state index in [-0.39, 0.29) is 5.78 Å². The molecule has 1 aromatic rings. The van der Waals surface area contributed by atoms with Gasteiger partial charge in [-0.25, -0.2) is 0 Å². The van der Waals surface area contributed by atoms with Crippen molar-refractivity contribution in [2.24, 2.45) is 0 Å². The largest absolute Gasteiger partial charge is 0.298 e. The Balaban J connectivity index is 2.57. The molecule has 0 aliphatic carbocycles. The second kappa shape index (κ2) is 5.82. The Morgan fingerprint density at radius 3 is 2.57 bits per heavy atom. The number of benzene rings is 1. The van der Waals surface area contributed by atoms with Crippen LogP contribution in [0, 0.1) is 0 Å². The fraction of sp³-hybridized carbons (Fsp3) is 0.417. The summed E-state index contributed by atoms with van der Waals surface area (Å²) in [5.41, 5.74) is 0.898. The molecule has 0 N–H and O–H groups in total. The first kappa shape index (κ1) is 11.3. The molecular formula is C12H15ClO. The lowest BCUT2D eigenvalue weighted by molar-refractivity contribution is -0.118. The molecule has 1 nitrogen and oxygen atoms in total. The molecule has 0 fully saturated rings. The molecule has 0 bridgehead atoms. The number of rotatable bonds is 5. The summed E-state index contributed by atoms with van der Waals surface area (Å²) >= 11 is 6.04. The van der Waals surface area contributed by atoms with Gasteiger partial charge in [-0.05, 0) is 12.0 Å². The third-order valence-corrected chi connectivity index (χ3v) is 2.65. The molecule has 0 amide bonds. The first-order chi connectivity index (χ1) is 6.75. The third-order valence-electron chi connectivity index (χ3n) is 2.15. The van der Waals surface area contributed by atoms with E-state index in [1.165, 1.54) is 0 Å². The van der Waals surface area contributed by atoms with E-state index in [4.69, 9.17) is 11.6 Å². The molecule has 0 aliphatic rings. The Morgan fingerprint density at radius 1 is 1.36 bits per heavy atom. The topological polar surface area (TPSA) is 17.1 Å². The smallest absolute Gasteiger partial charge is 0.155 e. The highest BCUT2D eigenvalue weighted by molar-refractivity contribution is 6.31. The standard InChI is InChI=1S/C12H15ClO/c1-2-3-9-11(14)12(13)10-7-5-4-6-8-10/h4-8,12H,2-3,9H2,1H3. The maximum Gasteiger partial charge on any atom is 0.155 e. The summed E-state index contributed by atoms with van der Waals surface area (Å²) in [7, 11) is 0. The van der Waals surface area contributed by atoms with E-state index in [2.05, 4.69) is 6.92 Å². The van der Waals surface area contributed by atoms with Crippen LogP contribution < -0.4 is 0 Å². The van der Waals surface area contributed by atoms with Gasteiger partial charge in [0.05, 0.1) is 0 Å². The molecule has 0 radical (unpaired) electrons. The lowest BCUT2D eigenvalue weighted by Crippen LogP contribution is -2.06. The van der Waals surface area contributed by atoms with Crippen molar-refractivity contribution in [3.63, 3.8) is 0 Å². The van der Waals surface area contributed by atoms with Crippen molar-refractivity contribution in [2.75, 3.05) is 0 Å². The second-order valence-electron chi connectivity index (χ2n) is 3.34. The molecule has 0 spiro atoms. The second-order valence-corrected chi connectivity index (χ2v) is 3.78. The van der Waals surface area contributed by atoms with Gasteiger partial charge in [-0.2, -0.15) is 0 Å². The van der Waals surface area contributed by atoms with Crippen molar-refractivity contribution in [3.8, 4) is 0 Å². The lowest BCUT2D eigenvalue weighted by atomic mass is 10.0. The summed E-state index contributed by atoms with van der Waals surface area (Å²) in [5.74, 6) is 0.125. The normalized spacial score (nSPS) is 12.4. The predicted octanol–water partition coefficient (Wildman–Crippen LogP) is 3.73. The average Bonchev–Trinajstić information content (AvgIpc) is 2.26. The Kier molecular flexibility index (Phi) is 4.68. The first-order valence-corrected chi connectivity index (χ1v) is 5.41. The number of hydrogen-bond acceptors (Lipinski definition) is 1. The van der Waals surface area contributed by atoms with E-state index in [1.54, 1.807) is 0 Å². The van der Waals surface area contributed by atoms with Crippen LogP contribution in [-0.2, 0) is 4.79 Å². The quantitative estimate of drug-likeness (QED) is 0.677. The summed E-state index contributed by atoms with van der Waals surface area (Å²) in [6.07, 6.45) is 2.54. The number of carbonyl (C=O) groups is 1. The van der Waals surface area contributed by atoms with Gasteiger partial charge in [0.2, 0.25) is 0 Å². The van der Waals surface area contributed by atoms with Gasteiger partial charge < -0.3 is 0 Å². The number of halogens is 1. The van der Waals surface area contributed by atoms with E-state index in [9.17, 15) is 4.79 Å². The van der Waals surface area contributed by atoms with E-state index in [0.717, 1.165) is 18.4 Å². The van der Waals surface area contributed by atoms with Crippen molar-refractivity contribution >= 4 is 17.4 Å². The van der Waals surface area contributed by atoms with Gasteiger partial charge in [0.25, 0.3) is 0 Å². The maximum atomic E-state index is 11.6. The molecular weight excluding hydrogens is 196 g/mol. The van der Waals surface area contributed by atoms with Crippen LogP contribution >= 0.6 is 11.6 Å². The van der Waals surface area contributed by atoms with Crippen LogP contribution in [0.3, 0.4) is 0 Å². The summed E-state index contributed by atoms with van der Waals surface area (Å²) in [4.78, 5) is 11.6. The zero-order valence-electron chi connectivity index (χ0n) is 8.37. The highest BCUT2D eigenvalue weighted by Crippen LogP contribution is 2.23. The van der Waals surface area contributed by atoms with Crippen molar-refractivity contribution in [1.82, 2.24) is 0 Å². The van der Waals surface area contributed by atoms with Gasteiger partial charge in [0.1, 0.15) is 5.38 Å². The van der Waals surface area contributed by atoms with Gasteiger partial charge in [0, 0.05) is 6.42 Å². The number of alkyl halides is 1. The zero-order chi connectivity index (χ0) is 10.4. The predicted molar refractivity (Wildman–Crippen MR) is 59.6 cm³/mol. The fourth-order valence-corrected chi connectivity index (χ4v) is 1.54. The van der Waals surface area contributed by atoms with Crippen LogP contribution in [0.5, 0.6) is 0 Å². The molecule has 14 heavy (non-hydrogen) atoms. The Labute approximate surface area is 90.1 Å². The summed E-state index contributed by atoms with van der Waals surface area (Å²) in [6.45, 7) is 2.07. The van der Waals surface area contributed by atoms with Crippen molar-refractivity contribution in [3.05, 3.63) is 35.9 Å². The molecule has 0 saturated heterocycles. The van der Waals surface area contributed by atoms with E-state index in [0.29, 0.717) is 6.42 Å². The Hall–Kier alpha value is -0.820. The molecule has 0 aromatic heterocycles. The average molecular weight is 211 g/mol. The fourth-order valence-electron chi connectivity index (χ4n) is 1.29. The highest BCUT2D eigenvalue weighted by atomic mass is 35.5. The summed E-state index contributed by atoms with van der Waals surface area (Å²) in [5, 5.41) is -0.470. The number of carbonyl (C=O) groups excluding carboxylic acids is 1. The number of ketones is 1. The van der Waals surface area contributed by atoms with Crippen LogP contribution in [0.4, 0.5) is 0 Å². The molecule has 1 aromatic carbocycles. The monoisotopic (exact) mass is 210 g/mol. The lowest BCUT2D eigenvalue weighted by Gasteiger charge is -2.07. The van der Waals surface area contributed by atoms with E-state index >= 15 is 0 Å². The number of unbranched alkanes of at least 4 members (excludes halogenated alkanes) is 1. The van der Waals surface area contributed by atoms with Gasteiger partial charge in [-0.1, -0.05) is 43.7 Å². The minimum Gasteiger partial charge on any atom is -0.298 e. The zero-order valence-corrected chi connectivity index (χ0v) is 9.13. The molecule has 1 rings (SSSR count). The summed E-state index contributed by atoms with van der Waals surface area (Å²) in [6, 6.07) is 9.50. The van der Waals surface area contributed by atoms with Crippen LogP contribution in [-0.4, -0.2) is 5.78 Å². The first-order valence-electron chi connectivity index (χ1n) is 4.97. The third kappa shape index (κ3) is 3.15. The minimum absolute atomic E-state index is 0.125. The molecule has 76 valence electrons. The van der Waals surface area contributed by atoms with Gasteiger partial charge in [0.15, 0.2) is 5.78 Å². The molecule has 1 unspecified atom stereocenters. The Morgan fingerprint density at radius 2 is 2.00 bits per heavy atom. The van der Waals surface area contributed by atoms with Gasteiger partial charge in [-0.3, -0.25) is 4.79 Å². The number of Topliss-reactive ketones (excluding diaryl/α,β-unsaturated/α-hetero) is 1. The molecule has 0 heterocycles. The van der Waals surface area contributed by atoms with Crippen LogP contribution in [0.1, 0.15) is 37.1 Å². The van der Waals surface area contributed by atoms with Gasteiger partial charge in [-0.15, -0.1) is 11.6 Å². The van der Waals surface area contributed by atoms with Crippen molar-refractivity contribution < 1.29 is 4.79 Å². The SMILES string of the molecule is CCCCC(=O)C(Cl)c1ccccc1. The molecule has 0 saturated carbocycles. The molecule has 0 aliphatic heterocycles. The van der Waals surface area contributed by atoms with Crippen molar-refractivity contribution in [2.45, 2.75) is 31.6 Å². The van der Waals surface area contributed by atoms with E-state index < -0.39 is 5.38 Å². The van der Waals surface area contributed by atoms with Gasteiger partial charge >= 0.3 is 0 Å². The molecule has 2 heteroatoms. The number of hydrogen-bond donors (Lipinski definition) is 0. The minimum atomic E-state index is -0.470. The highest BCUT2D eigenvalue weighted by Gasteiger charge is 2.15. The maximum absolute atomic E-state index is 11.6. The van der Waals surface area contributed by atoms with Crippen molar-refractivity contribution in [1.29, 1.82) is 0 Å². The molecule has 1 atom stereocenters. The van der Waals surface area contributed by atoms with Crippen LogP contribution in [0.2, 0.25) is 0 Å².